The van der Waals surface area contributed by atoms with Gasteiger partial charge in [0.15, 0.2) is 0 Å². The molecule has 19 heavy (non-hydrogen) atoms. The fourth-order valence-corrected chi connectivity index (χ4v) is 2.62. The van der Waals surface area contributed by atoms with Crippen molar-refractivity contribution in [2.45, 2.75) is 6.42 Å². The molecule has 0 unspecified atom stereocenters. The third-order valence-electron chi connectivity index (χ3n) is 2.22. The van der Waals surface area contributed by atoms with Gasteiger partial charge in [-0.3, -0.25) is 9.52 Å². The number of nitrogens with zero attached hydrogens (tertiary/aromatic N) is 1. The average Bonchev–Trinajstić information content (AvgIpc) is 2.29. The Morgan fingerprint density at radius 1 is 1.42 bits per heavy atom. The van der Waals surface area contributed by atoms with Crippen LogP contribution in [0.4, 0.5) is 5.69 Å². The number of halogens is 2. The maximum atomic E-state index is 11.9. The van der Waals surface area contributed by atoms with Crippen LogP contribution in [0.2, 0.25) is 10.0 Å². The second-order valence-corrected chi connectivity index (χ2v) is 6.32. The molecule has 0 aromatic heterocycles. The number of rotatable bonds is 6. The highest BCUT2D eigenvalue weighted by Crippen LogP contribution is 2.26. The molecule has 0 spiro atoms. The van der Waals surface area contributed by atoms with Crippen molar-refractivity contribution in [2.24, 2.45) is 0 Å². The normalized spacial score (nSPS) is 11.6. The zero-order valence-electron chi connectivity index (χ0n) is 9.93. The lowest BCUT2D eigenvalue weighted by Crippen LogP contribution is -2.34. The second-order valence-electron chi connectivity index (χ2n) is 3.70. The Hall–Kier alpha value is -1.02. The van der Waals surface area contributed by atoms with Gasteiger partial charge in [0.05, 0.1) is 17.1 Å². The summed E-state index contributed by atoms with van der Waals surface area (Å²) in [7, 11) is -2.58. The summed E-state index contributed by atoms with van der Waals surface area (Å²) in [4.78, 5) is 10.4. The van der Waals surface area contributed by atoms with Gasteiger partial charge in [0.25, 0.3) is 0 Å². The van der Waals surface area contributed by atoms with Crippen molar-refractivity contribution in [3.05, 3.63) is 28.2 Å². The van der Waals surface area contributed by atoms with Crippen LogP contribution < -0.4 is 4.72 Å². The Morgan fingerprint density at radius 3 is 2.58 bits per heavy atom. The topological polar surface area (TPSA) is 86.7 Å². The van der Waals surface area contributed by atoms with Gasteiger partial charge in [-0.1, -0.05) is 23.2 Å². The SMILES string of the molecule is CN(CCC(=O)O)S(=O)(=O)Nc1ccc(Cl)cc1Cl. The van der Waals surface area contributed by atoms with Crippen LogP contribution in [-0.4, -0.2) is 37.4 Å². The Kier molecular flexibility index (Phi) is 5.42. The minimum absolute atomic E-state index is 0.143. The first-order chi connectivity index (χ1) is 8.72. The third-order valence-corrected chi connectivity index (χ3v) is 4.25. The van der Waals surface area contributed by atoms with Crippen LogP contribution in [0.15, 0.2) is 18.2 Å². The fraction of sp³-hybridized carbons (Fsp3) is 0.300. The Labute approximate surface area is 121 Å². The summed E-state index contributed by atoms with van der Waals surface area (Å²) in [6.45, 7) is -0.143. The number of hydrogen-bond donors (Lipinski definition) is 2. The number of benzene rings is 1. The molecule has 2 N–H and O–H groups in total. The molecule has 1 rings (SSSR count). The van der Waals surface area contributed by atoms with Gasteiger partial charge in [-0.2, -0.15) is 12.7 Å². The number of aliphatic carboxylic acids is 1. The van der Waals surface area contributed by atoms with E-state index >= 15 is 0 Å². The largest absolute Gasteiger partial charge is 0.481 e. The van der Waals surface area contributed by atoms with Crippen molar-refractivity contribution < 1.29 is 18.3 Å². The summed E-state index contributed by atoms with van der Waals surface area (Å²) in [5, 5.41) is 9.05. The van der Waals surface area contributed by atoms with Crippen molar-refractivity contribution in [3.63, 3.8) is 0 Å². The predicted molar refractivity (Wildman–Crippen MR) is 73.9 cm³/mol. The lowest BCUT2D eigenvalue weighted by atomic mass is 10.3. The highest BCUT2D eigenvalue weighted by Gasteiger charge is 2.19. The van der Waals surface area contributed by atoms with Gasteiger partial charge in [0.1, 0.15) is 0 Å². The van der Waals surface area contributed by atoms with E-state index in [9.17, 15) is 13.2 Å². The van der Waals surface area contributed by atoms with E-state index in [0.29, 0.717) is 5.02 Å². The molecule has 0 fully saturated rings. The smallest absolute Gasteiger partial charge is 0.304 e. The molecule has 6 nitrogen and oxygen atoms in total. The monoisotopic (exact) mass is 326 g/mol. The Bertz CT molecular complexity index is 577. The molecule has 1 aromatic carbocycles. The number of anilines is 1. The van der Waals surface area contributed by atoms with Gasteiger partial charge in [-0.05, 0) is 18.2 Å². The molecule has 0 aliphatic heterocycles. The summed E-state index contributed by atoms with van der Waals surface area (Å²) in [5.41, 5.74) is 0.174. The third kappa shape index (κ3) is 4.87. The van der Waals surface area contributed by atoms with Crippen molar-refractivity contribution in [1.29, 1.82) is 0 Å². The van der Waals surface area contributed by atoms with E-state index in [1.165, 1.54) is 25.2 Å². The van der Waals surface area contributed by atoms with Crippen LogP contribution in [0, 0.1) is 0 Å². The predicted octanol–water partition coefficient (Wildman–Crippen LogP) is 2.06. The van der Waals surface area contributed by atoms with Gasteiger partial charge >= 0.3 is 16.2 Å². The summed E-state index contributed by atoms with van der Waals surface area (Å²) in [6, 6.07) is 4.31. The first kappa shape index (κ1) is 16.0. The van der Waals surface area contributed by atoms with Crippen LogP contribution in [0.3, 0.4) is 0 Å². The van der Waals surface area contributed by atoms with Crippen LogP contribution in [0.25, 0.3) is 0 Å². The summed E-state index contributed by atoms with van der Waals surface area (Å²) in [6.07, 6.45) is -0.286. The van der Waals surface area contributed by atoms with Gasteiger partial charge in [-0.15, -0.1) is 0 Å². The second kappa shape index (κ2) is 6.42. The number of carboxylic acids is 1. The van der Waals surface area contributed by atoms with Gasteiger partial charge in [0.2, 0.25) is 0 Å². The van der Waals surface area contributed by atoms with E-state index in [0.717, 1.165) is 4.31 Å². The quantitative estimate of drug-likeness (QED) is 0.837. The molecule has 0 aliphatic carbocycles. The number of hydrogen-bond acceptors (Lipinski definition) is 3. The van der Waals surface area contributed by atoms with Gasteiger partial charge < -0.3 is 5.11 Å². The van der Waals surface area contributed by atoms with E-state index in [4.69, 9.17) is 28.3 Å². The van der Waals surface area contributed by atoms with Crippen LogP contribution in [-0.2, 0) is 15.0 Å². The molecular weight excluding hydrogens is 315 g/mol. The van der Waals surface area contributed by atoms with Crippen molar-refractivity contribution in [3.8, 4) is 0 Å². The minimum Gasteiger partial charge on any atom is -0.481 e. The molecule has 0 amide bonds. The molecule has 0 atom stereocenters. The van der Waals surface area contributed by atoms with Crippen molar-refractivity contribution >= 4 is 45.1 Å². The number of carboxylic acid groups (broad SMARTS) is 1. The minimum atomic E-state index is -3.85. The summed E-state index contributed by atoms with van der Waals surface area (Å²) in [5.74, 6) is -1.08. The molecule has 9 heteroatoms. The zero-order chi connectivity index (χ0) is 14.6. The van der Waals surface area contributed by atoms with Gasteiger partial charge in [0, 0.05) is 18.6 Å². The molecule has 106 valence electrons. The fourth-order valence-electron chi connectivity index (χ4n) is 1.16. The molecule has 0 saturated heterocycles. The highest BCUT2D eigenvalue weighted by molar-refractivity contribution is 7.90. The lowest BCUT2D eigenvalue weighted by Gasteiger charge is -2.18. The van der Waals surface area contributed by atoms with E-state index in [-0.39, 0.29) is 23.7 Å². The maximum absolute atomic E-state index is 11.9. The van der Waals surface area contributed by atoms with E-state index in [2.05, 4.69) is 4.72 Å². The first-order valence-corrected chi connectivity index (χ1v) is 7.33. The average molecular weight is 327 g/mol. The molecule has 0 radical (unpaired) electrons. The van der Waals surface area contributed by atoms with E-state index < -0.39 is 16.2 Å². The van der Waals surface area contributed by atoms with Crippen molar-refractivity contribution in [1.82, 2.24) is 4.31 Å². The Balaban J connectivity index is 2.81. The van der Waals surface area contributed by atoms with Crippen LogP contribution in [0.1, 0.15) is 6.42 Å². The zero-order valence-corrected chi connectivity index (χ0v) is 12.3. The molecule has 1 aromatic rings. The lowest BCUT2D eigenvalue weighted by molar-refractivity contribution is -0.137. The maximum Gasteiger partial charge on any atom is 0.304 e. The number of carbonyl (C=O) groups is 1. The number of nitrogens with one attached hydrogen (secondary N) is 1. The molecule has 0 bridgehead atoms. The first-order valence-electron chi connectivity index (χ1n) is 5.13. The van der Waals surface area contributed by atoms with E-state index in [1.807, 2.05) is 0 Å². The van der Waals surface area contributed by atoms with Gasteiger partial charge in [-0.25, -0.2) is 0 Å². The van der Waals surface area contributed by atoms with Crippen LogP contribution in [0.5, 0.6) is 0 Å². The standard InChI is InChI=1S/C10H12Cl2N2O4S/c1-14(5-4-10(15)16)19(17,18)13-9-3-2-7(11)6-8(9)12/h2-3,6,13H,4-5H2,1H3,(H,15,16). The molecule has 0 heterocycles. The van der Waals surface area contributed by atoms with Crippen LogP contribution >= 0.6 is 23.2 Å². The van der Waals surface area contributed by atoms with Crippen molar-refractivity contribution in [2.75, 3.05) is 18.3 Å². The molecule has 0 aliphatic rings. The van der Waals surface area contributed by atoms with E-state index in [1.54, 1.807) is 0 Å². The Morgan fingerprint density at radius 2 is 2.05 bits per heavy atom. The highest BCUT2D eigenvalue weighted by atomic mass is 35.5. The molecule has 0 saturated carbocycles. The summed E-state index contributed by atoms with van der Waals surface area (Å²) < 4.78 is 26.9. The summed E-state index contributed by atoms with van der Waals surface area (Å²) >= 11 is 11.5. The molecular formula is C10H12Cl2N2O4S.